The van der Waals surface area contributed by atoms with Gasteiger partial charge in [0.15, 0.2) is 0 Å². The summed E-state index contributed by atoms with van der Waals surface area (Å²) in [5.74, 6) is -0.478. The van der Waals surface area contributed by atoms with E-state index in [2.05, 4.69) is 18.4 Å². The fraction of sp³-hybridized carbons (Fsp3) is 0.250. The van der Waals surface area contributed by atoms with Crippen LogP contribution in [0.4, 0.5) is 5.69 Å². The first kappa shape index (κ1) is 13.7. The van der Waals surface area contributed by atoms with Crippen LogP contribution >= 0.6 is 22.7 Å². The van der Waals surface area contributed by atoms with Crippen LogP contribution in [0.5, 0.6) is 0 Å². The highest BCUT2D eigenvalue weighted by Gasteiger charge is 2.26. The third-order valence-corrected chi connectivity index (χ3v) is 6.28. The highest BCUT2D eigenvalue weighted by atomic mass is 32.1. The summed E-state index contributed by atoms with van der Waals surface area (Å²) in [5.41, 5.74) is 17.0. The number of nitrogen functional groups attached to an aromatic ring is 1. The lowest BCUT2D eigenvalue weighted by Crippen LogP contribution is -2.10. The Morgan fingerprint density at radius 1 is 1.36 bits per heavy atom. The van der Waals surface area contributed by atoms with Crippen molar-refractivity contribution in [3.8, 4) is 10.4 Å². The number of hydrogen-bond acceptors (Lipinski definition) is 5. The van der Waals surface area contributed by atoms with Crippen molar-refractivity contribution >= 4 is 44.5 Å². The molecule has 1 aliphatic carbocycles. The van der Waals surface area contributed by atoms with Crippen molar-refractivity contribution in [1.29, 1.82) is 0 Å². The van der Waals surface area contributed by atoms with Gasteiger partial charge in [0.1, 0.15) is 9.71 Å². The predicted octanol–water partition coefficient (Wildman–Crippen LogP) is 3.50. The Labute approximate surface area is 135 Å². The molecule has 3 aromatic heterocycles. The van der Waals surface area contributed by atoms with Gasteiger partial charge in [0, 0.05) is 21.5 Å². The Kier molecular flexibility index (Phi) is 2.99. The fourth-order valence-electron chi connectivity index (χ4n) is 3.16. The smallest absolute Gasteiger partial charge is 0.260 e. The normalized spacial score (nSPS) is 13.7. The molecule has 0 aliphatic heterocycles. The molecule has 0 spiro atoms. The number of nitrogens with zero attached hydrogens (tertiary/aromatic N) is 1. The molecule has 0 saturated carbocycles. The number of nitrogens with two attached hydrogens (primary N) is 2. The van der Waals surface area contributed by atoms with Crippen LogP contribution in [0.2, 0.25) is 0 Å². The number of anilines is 1. The van der Waals surface area contributed by atoms with Gasteiger partial charge in [-0.15, -0.1) is 22.7 Å². The summed E-state index contributed by atoms with van der Waals surface area (Å²) in [4.78, 5) is 18.8. The second-order valence-electron chi connectivity index (χ2n) is 5.64. The number of rotatable bonds is 2. The van der Waals surface area contributed by atoms with Gasteiger partial charge in [-0.2, -0.15) is 0 Å². The van der Waals surface area contributed by atoms with Crippen molar-refractivity contribution in [2.75, 3.05) is 5.73 Å². The van der Waals surface area contributed by atoms with E-state index in [0.717, 1.165) is 40.7 Å². The Balaban J connectivity index is 2.13. The number of thiophene rings is 2. The number of fused-ring (bicyclic) bond motifs is 2. The maximum Gasteiger partial charge on any atom is 0.260 e. The van der Waals surface area contributed by atoms with Gasteiger partial charge in [0.25, 0.3) is 5.91 Å². The van der Waals surface area contributed by atoms with Crippen molar-refractivity contribution in [2.45, 2.75) is 26.2 Å². The monoisotopic (exact) mass is 329 g/mol. The van der Waals surface area contributed by atoms with Crippen molar-refractivity contribution < 1.29 is 4.79 Å². The van der Waals surface area contributed by atoms with Gasteiger partial charge in [0.05, 0.1) is 5.69 Å². The van der Waals surface area contributed by atoms with Crippen molar-refractivity contribution in [2.24, 2.45) is 5.73 Å². The number of carbonyl (C=O) groups excluding carboxylic acids is 1. The summed E-state index contributed by atoms with van der Waals surface area (Å²) in [6.07, 6.45) is 3.14. The van der Waals surface area contributed by atoms with Gasteiger partial charge in [-0.1, -0.05) is 0 Å². The van der Waals surface area contributed by atoms with Gasteiger partial charge in [0.2, 0.25) is 0 Å². The number of aromatic nitrogens is 1. The van der Waals surface area contributed by atoms with Crippen LogP contribution < -0.4 is 11.5 Å². The van der Waals surface area contributed by atoms with E-state index in [1.54, 1.807) is 11.3 Å². The molecule has 22 heavy (non-hydrogen) atoms. The number of primary amides is 1. The lowest BCUT2D eigenvalue weighted by Gasteiger charge is -2.09. The first-order valence-corrected chi connectivity index (χ1v) is 8.85. The van der Waals surface area contributed by atoms with Crippen LogP contribution in [0.25, 0.3) is 20.7 Å². The molecule has 1 aliphatic rings. The van der Waals surface area contributed by atoms with E-state index in [0.29, 0.717) is 10.6 Å². The minimum Gasteiger partial charge on any atom is -0.397 e. The van der Waals surface area contributed by atoms with E-state index in [1.807, 2.05) is 0 Å². The van der Waals surface area contributed by atoms with Gasteiger partial charge >= 0.3 is 0 Å². The third kappa shape index (κ3) is 1.87. The maximum absolute atomic E-state index is 11.6. The zero-order valence-electron chi connectivity index (χ0n) is 12.1. The number of carbonyl (C=O) groups is 1. The summed E-state index contributed by atoms with van der Waals surface area (Å²) < 4.78 is 0. The van der Waals surface area contributed by atoms with E-state index in [9.17, 15) is 4.79 Å². The predicted molar refractivity (Wildman–Crippen MR) is 92.6 cm³/mol. The molecule has 0 atom stereocenters. The molecule has 4 N–H and O–H groups in total. The summed E-state index contributed by atoms with van der Waals surface area (Å²) >= 11 is 3.02. The van der Waals surface area contributed by atoms with E-state index >= 15 is 0 Å². The standard InChI is InChI=1S/C16H15N3OS2/c1-7-5-10(21-6-7)11-8-3-2-4-9(8)19-16-12(11)13(17)14(22-16)15(18)20/h5-6H,2-4,17H2,1H3,(H2,18,20). The van der Waals surface area contributed by atoms with Crippen LogP contribution in [-0.4, -0.2) is 10.9 Å². The summed E-state index contributed by atoms with van der Waals surface area (Å²) in [6, 6.07) is 2.18. The molecule has 0 bridgehead atoms. The molecule has 0 radical (unpaired) electrons. The molecular weight excluding hydrogens is 314 g/mol. The molecular formula is C16H15N3OS2. The van der Waals surface area contributed by atoms with E-state index < -0.39 is 5.91 Å². The number of hydrogen-bond donors (Lipinski definition) is 2. The molecule has 4 nitrogen and oxygen atoms in total. The average Bonchev–Trinajstić information content (AvgIpc) is 3.16. The number of pyridine rings is 1. The van der Waals surface area contributed by atoms with E-state index in [4.69, 9.17) is 16.5 Å². The molecule has 3 heterocycles. The van der Waals surface area contributed by atoms with Crippen LogP contribution in [0, 0.1) is 6.92 Å². The van der Waals surface area contributed by atoms with Crippen molar-refractivity contribution in [3.63, 3.8) is 0 Å². The van der Waals surface area contributed by atoms with Gasteiger partial charge in [-0.3, -0.25) is 4.79 Å². The SMILES string of the molecule is Cc1csc(-c2c3c(nc4sc(C(N)=O)c(N)c24)CCC3)c1. The highest BCUT2D eigenvalue weighted by Crippen LogP contribution is 2.45. The van der Waals surface area contributed by atoms with Gasteiger partial charge < -0.3 is 11.5 Å². The summed E-state index contributed by atoms with van der Waals surface area (Å²) in [6.45, 7) is 2.09. The minimum absolute atomic E-state index is 0.417. The van der Waals surface area contributed by atoms with Gasteiger partial charge in [-0.25, -0.2) is 4.98 Å². The Morgan fingerprint density at radius 3 is 2.86 bits per heavy atom. The van der Waals surface area contributed by atoms with Crippen LogP contribution in [0.1, 0.15) is 32.9 Å². The summed E-state index contributed by atoms with van der Waals surface area (Å²) in [7, 11) is 0. The highest BCUT2D eigenvalue weighted by molar-refractivity contribution is 7.21. The molecule has 0 unspecified atom stereocenters. The Hall–Kier alpha value is -1.92. The third-order valence-electron chi connectivity index (χ3n) is 4.10. The largest absolute Gasteiger partial charge is 0.397 e. The Bertz CT molecular complexity index is 923. The van der Waals surface area contributed by atoms with Gasteiger partial charge in [-0.05, 0) is 48.8 Å². The molecule has 1 amide bonds. The first-order valence-electron chi connectivity index (χ1n) is 7.15. The maximum atomic E-state index is 11.6. The molecule has 0 saturated heterocycles. The van der Waals surface area contributed by atoms with E-state index in [1.165, 1.54) is 27.3 Å². The Morgan fingerprint density at radius 2 is 2.18 bits per heavy atom. The summed E-state index contributed by atoms with van der Waals surface area (Å²) in [5, 5.41) is 3.04. The molecule has 4 rings (SSSR count). The first-order chi connectivity index (χ1) is 10.6. The quantitative estimate of drug-likeness (QED) is 0.755. The minimum atomic E-state index is -0.478. The molecule has 0 fully saturated rings. The zero-order valence-corrected chi connectivity index (χ0v) is 13.7. The van der Waals surface area contributed by atoms with E-state index in [-0.39, 0.29) is 0 Å². The molecule has 0 aromatic carbocycles. The molecule has 3 aromatic rings. The van der Waals surface area contributed by atoms with Crippen LogP contribution in [0.3, 0.4) is 0 Å². The lowest BCUT2D eigenvalue weighted by atomic mass is 10.0. The molecule has 6 heteroatoms. The lowest BCUT2D eigenvalue weighted by molar-refractivity contribution is 0.100. The second-order valence-corrected chi connectivity index (χ2v) is 7.55. The topological polar surface area (TPSA) is 82.0 Å². The van der Waals surface area contributed by atoms with Crippen molar-refractivity contribution in [3.05, 3.63) is 33.1 Å². The second kappa shape index (κ2) is 4.79. The average molecular weight is 329 g/mol. The number of amides is 1. The number of aryl methyl sites for hydroxylation is 2. The fourth-order valence-corrected chi connectivity index (χ4v) is 5.12. The van der Waals surface area contributed by atoms with Crippen LogP contribution in [-0.2, 0) is 12.8 Å². The zero-order chi connectivity index (χ0) is 15.4. The van der Waals surface area contributed by atoms with Crippen LogP contribution in [0.15, 0.2) is 11.4 Å². The molecule has 112 valence electrons. The van der Waals surface area contributed by atoms with Crippen molar-refractivity contribution in [1.82, 2.24) is 4.98 Å².